The van der Waals surface area contributed by atoms with Crippen molar-refractivity contribution in [1.29, 1.82) is 0 Å². The fourth-order valence-electron chi connectivity index (χ4n) is 2.77. The zero-order chi connectivity index (χ0) is 21.8. The van der Waals surface area contributed by atoms with Crippen molar-refractivity contribution in [1.82, 2.24) is 0 Å². The molecule has 31 heavy (non-hydrogen) atoms. The standard InChI is InChI=1S/C11H6F5.C11H16O.2ClH.Ti/c12-7-6(5-3-1-2-4-5)8(13)10(15)11(16)9(7)14;1-3-4-5-10-8-9(2)6-7-11(10)12;;;/h1,3,7,9H,2H2;6-8,12H,3-5H2,1-2H3;2*1H;/q-1;;;;+3/p-2/i7T;;;;. The van der Waals surface area contributed by atoms with Crippen LogP contribution in [-0.4, -0.2) is 17.4 Å². The summed E-state index contributed by atoms with van der Waals surface area (Å²) in [5.41, 5.74) is 0.888. The van der Waals surface area contributed by atoms with Gasteiger partial charge in [0.2, 0.25) is 0 Å². The fraction of sp³-hybridized carbons (Fsp3) is 0.364. The Morgan fingerprint density at radius 1 is 1.16 bits per heavy atom. The Balaban J connectivity index is 0. The minimum Gasteiger partial charge on any atom is -1.00 e. The van der Waals surface area contributed by atoms with Crippen LogP contribution in [0.15, 0.2) is 59.0 Å². The molecule has 2 atom stereocenters. The molecule has 0 aliphatic heterocycles. The number of halogens is 7. The summed E-state index contributed by atoms with van der Waals surface area (Å²) in [6, 6.07) is 5.77. The average molecular weight is 518 g/mol. The molecule has 0 amide bonds. The molecule has 9 heteroatoms. The molecule has 1 radical (unpaired) electrons. The molecule has 0 saturated heterocycles. The molecule has 1 aromatic rings. The van der Waals surface area contributed by atoms with E-state index >= 15 is 0 Å². The van der Waals surface area contributed by atoms with Gasteiger partial charge in [0.15, 0.2) is 17.8 Å². The smallest absolute Gasteiger partial charge is 1.00 e. The van der Waals surface area contributed by atoms with E-state index in [4.69, 9.17) is 1.37 Å². The molecule has 1 N–H and O–H groups in total. The normalized spacial score (nSPS) is 22.4. The third-order valence-corrected chi connectivity index (χ3v) is 4.30. The molecule has 0 aromatic heterocycles. The summed E-state index contributed by atoms with van der Waals surface area (Å²) in [6.07, 6.45) is 1.72. The first-order chi connectivity index (χ1) is 13.6. The Bertz CT molecular complexity index is 900. The van der Waals surface area contributed by atoms with Crippen molar-refractivity contribution >= 4 is 0 Å². The van der Waals surface area contributed by atoms with Gasteiger partial charge in [0.05, 0.1) is 1.37 Å². The largest absolute Gasteiger partial charge is 3.00 e. The number of alkyl halides is 2. The Labute approximate surface area is 208 Å². The molecule has 2 unspecified atom stereocenters. The predicted molar refractivity (Wildman–Crippen MR) is 99.1 cm³/mol. The molecule has 0 saturated carbocycles. The topological polar surface area (TPSA) is 20.2 Å². The number of unbranched alkanes of at least 4 members (excludes halogenated alkanes) is 1. The predicted octanol–water partition coefficient (Wildman–Crippen LogP) is 0.789. The minimum atomic E-state index is -3.69. The van der Waals surface area contributed by atoms with E-state index in [1.54, 1.807) is 6.07 Å². The van der Waals surface area contributed by atoms with E-state index in [0.29, 0.717) is 5.75 Å². The van der Waals surface area contributed by atoms with Gasteiger partial charge in [0.1, 0.15) is 17.7 Å². The number of phenols is 1. The summed E-state index contributed by atoms with van der Waals surface area (Å²) >= 11 is 0. The second-order valence-corrected chi connectivity index (χ2v) is 6.49. The van der Waals surface area contributed by atoms with Crippen LogP contribution < -0.4 is 24.8 Å². The molecule has 3 rings (SSSR count). The molecule has 1 nitrogen and oxygen atoms in total. The van der Waals surface area contributed by atoms with Crippen molar-refractivity contribution in [2.24, 2.45) is 0 Å². The van der Waals surface area contributed by atoms with Crippen LogP contribution in [-0.2, 0) is 28.1 Å². The van der Waals surface area contributed by atoms with Gasteiger partial charge in [-0.1, -0.05) is 43.0 Å². The number of aromatic hydroxyl groups is 1. The third-order valence-electron chi connectivity index (χ3n) is 4.30. The van der Waals surface area contributed by atoms with E-state index in [0.717, 1.165) is 18.4 Å². The molecule has 2 aliphatic rings. The summed E-state index contributed by atoms with van der Waals surface area (Å²) in [6.45, 7) is 4.21. The molecular weight excluding hydrogens is 494 g/mol. The van der Waals surface area contributed by atoms with Crippen molar-refractivity contribution in [2.45, 2.75) is 51.9 Å². The van der Waals surface area contributed by atoms with Crippen molar-refractivity contribution in [2.75, 3.05) is 0 Å². The fourth-order valence-corrected chi connectivity index (χ4v) is 2.77. The van der Waals surface area contributed by atoms with E-state index in [1.165, 1.54) is 24.1 Å². The van der Waals surface area contributed by atoms with Gasteiger partial charge in [0.25, 0.3) is 0 Å². The molecule has 0 heterocycles. The maximum absolute atomic E-state index is 13.7. The Hall–Kier alpha value is -1.08. The molecular formula is C22H22Cl2F5OTi. The maximum atomic E-state index is 13.7. The Morgan fingerprint density at radius 2 is 1.81 bits per heavy atom. The zero-order valence-electron chi connectivity index (χ0n) is 17.9. The average Bonchev–Trinajstić information content (AvgIpc) is 3.20. The summed E-state index contributed by atoms with van der Waals surface area (Å²) in [5.74, 6) is -5.77. The number of benzene rings is 1. The van der Waals surface area contributed by atoms with E-state index in [9.17, 15) is 27.1 Å². The number of aryl methyl sites for hydroxylation is 2. The molecule has 1 aromatic carbocycles. The first kappa shape index (κ1) is 29.9. The second kappa shape index (κ2) is 14.9. The molecule has 169 valence electrons. The van der Waals surface area contributed by atoms with Gasteiger partial charge in [-0.3, -0.25) is 4.39 Å². The minimum absolute atomic E-state index is 0. The molecule has 0 bridgehead atoms. The van der Waals surface area contributed by atoms with Crippen LogP contribution in [0, 0.1) is 13.0 Å². The summed E-state index contributed by atoms with van der Waals surface area (Å²) in [7, 11) is 0. The van der Waals surface area contributed by atoms with Crippen LogP contribution in [0.1, 0.15) is 38.7 Å². The summed E-state index contributed by atoms with van der Waals surface area (Å²) < 4.78 is 73.1. The van der Waals surface area contributed by atoms with E-state index in [-0.39, 0.29) is 58.5 Å². The Morgan fingerprint density at radius 3 is 2.35 bits per heavy atom. The van der Waals surface area contributed by atoms with Crippen molar-refractivity contribution in [3.8, 4) is 5.75 Å². The molecule has 2 aliphatic carbocycles. The van der Waals surface area contributed by atoms with Gasteiger partial charge in [-0.2, -0.15) is 17.7 Å². The van der Waals surface area contributed by atoms with Crippen molar-refractivity contribution < 1.29 is 75.0 Å². The summed E-state index contributed by atoms with van der Waals surface area (Å²) in [5, 5.41) is 9.46. The van der Waals surface area contributed by atoms with Crippen molar-refractivity contribution in [3.63, 3.8) is 0 Å². The number of phenolic OH excluding ortho intramolecular Hbond substituents is 1. The molecule has 0 spiro atoms. The van der Waals surface area contributed by atoms with Crippen LogP contribution >= 0.6 is 0 Å². The number of rotatable bonds is 4. The first-order valence-electron chi connectivity index (χ1n) is 9.46. The monoisotopic (exact) mass is 517 g/mol. The van der Waals surface area contributed by atoms with Gasteiger partial charge >= 0.3 is 21.7 Å². The zero-order valence-corrected chi connectivity index (χ0v) is 20.0. The van der Waals surface area contributed by atoms with Gasteiger partial charge in [-0.15, -0.1) is 6.08 Å². The van der Waals surface area contributed by atoms with E-state index < -0.39 is 35.4 Å². The second-order valence-electron chi connectivity index (χ2n) is 6.49. The van der Waals surface area contributed by atoms with Crippen LogP contribution in [0.25, 0.3) is 0 Å². The first-order valence-corrected chi connectivity index (χ1v) is 8.96. The maximum Gasteiger partial charge on any atom is 3.00 e. The van der Waals surface area contributed by atoms with Crippen molar-refractivity contribution in [3.05, 3.63) is 76.2 Å². The van der Waals surface area contributed by atoms with Crippen LogP contribution in [0.3, 0.4) is 0 Å². The van der Waals surface area contributed by atoms with E-state index in [1.807, 2.05) is 6.07 Å². The number of hydrogen-bond donors (Lipinski definition) is 1. The quantitative estimate of drug-likeness (QED) is 0.356. The number of allylic oxidation sites excluding steroid dienone is 8. The SMILES string of the molecule is CCCCc1cc(C)ccc1O.[3H]C1(F)C(C2=[C-]CC=C2)=C(F)C(F)=C(F)C1F.[Cl-].[Cl-].[Ti+3]. The number of hydrogen-bond acceptors (Lipinski definition) is 1. The van der Waals surface area contributed by atoms with E-state index in [2.05, 4.69) is 26.0 Å². The molecule has 0 fully saturated rings. The van der Waals surface area contributed by atoms with Gasteiger partial charge < -0.3 is 29.9 Å². The van der Waals surface area contributed by atoms with Crippen LogP contribution in [0.2, 0.25) is 0 Å². The van der Waals surface area contributed by atoms with Gasteiger partial charge in [-0.05, 0) is 31.4 Å². The summed E-state index contributed by atoms with van der Waals surface area (Å²) in [4.78, 5) is 0. The van der Waals surface area contributed by atoms with Gasteiger partial charge in [0, 0.05) is 0 Å². The Kier molecular flexibility index (Phi) is 14.4. The van der Waals surface area contributed by atoms with Gasteiger partial charge in [-0.25, -0.2) is 17.6 Å². The van der Waals surface area contributed by atoms with Crippen LogP contribution in [0.4, 0.5) is 22.0 Å². The third kappa shape index (κ3) is 8.09. The van der Waals surface area contributed by atoms with Crippen LogP contribution in [0.5, 0.6) is 5.75 Å².